The van der Waals surface area contributed by atoms with E-state index in [4.69, 9.17) is 4.74 Å². The summed E-state index contributed by atoms with van der Waals surface area (Å²) in [6, 6.07) is 3.11. The zero-order chi connectivity index (χ0) is 17.9. The molecule has 0 fully saturated rings. The van der Waals surface area contributed by atoms with Gasteiger partial charge >= 0.3 is 5.97 Å². The van der Waals surface area contributed by atoms with Gasteiger partial charge in [0.25, 0.3) is 0 Å². The highest BCUT2D eigenvalue weighted by molar-refractivity contribution is 6.01. The van der Waals surface area contributed by atoms with E-state index in [0.29, 0.717) is 12.0 Å². The first kappa shape index (κ1) is 17.9. The van der Waals surface area contributed by atoms with Crippen molar-refractivity contribution in [2.75, 3.05) is 12.4 Å². The molecule has 2 rings (SSSR count). The first-order valence-corrected chi connectivity index (χ1v) is 7.79. The van der Waals surface area contributed by atoms with Gasteiger partial charge in [-0.1, -0.05) is 19.9 Å². The van der Waals surface area contributed by atoms with Crippen molar-refractivity contribution in [2.45, 2.75) is 38.6 Å². The van der Waals surface area contributed by atoms with E-state index in [0.717, 1.165) is 0 Å². The summed E-state index contributed by atoms with van der Waals surface area (Å²) >= 11 is 0. The molecule has 1 aromatic rings. The summed E-state index contributed by atoms with van der Waals surface area (Å²) in [5.74, 6) is -2.45. The van der Waals surface area contributed by atoms with Crippen LogP contribution in [0.5, 0.6) is 0 Å². The largest absolute Gasteiger partial charge is 0.467 e. The number of hydrogen-bond acceptors (Lipinski definition) is 4. The Hall–Kier alpha value is -2.44. The highest BCUT2D eigenvalue weighted by Gasteiger charge is 2.33. The van der Waals surface area contributed by atoms with Gasteiger partial charge in [0, 0.05) is 12.1 Å². The number of halogens is 1. The quantitative estimate of drug-likeness (QED) is 0.805. The Morgan fingerprint density at radius 2 is 2.12 bits per heavy atom. The lowest BCUT2D eigenvalue weighted by atomic mass is 9.89. The number of rotatable bonds is 5. The molecule has 1 aliphatic rings. The fraction of sp³-hybridized carbons (Fsp3) is 0.471. The number of benzene rings is 1. The molecule has 0 saturated heterocycles. The topological polar surface area (TPSA) is 84.5 Å². The Bertz CT molecular complexity index is 660. The second-order valence-corrected chi connectivity index (χ2v) is 6.25. The molecule has 0 bridgehead atoms. The molecule has 24 heavy (non-hydrogen) atoms. The molecule has 0 saturated carbocycles. The minimum atomic E-state index is -0.781. The molecule has 0 radical (unpaired) electrons. The Morgan fingerprint density at radius 3 is 2.75 bits per heavy atom. The van der Waals surface area contributed by atoms with Crippen molar-refractivity contribution in [2.24, 2.45) is 5.92 Å². The summed E-state index contributed by atoms with van der Waals surface area (Å²) in [6.45, 7) is 3.85. The minimum absolute atomic E-state index is 0.0555. The number of fused-ring (bicyclic) bond motifs is 1. The predicted octanol–water partition coefficient (Wildman–Crippen LogP) is 1.96. The van der Waals surface area contributed by atoms with Crippen LogP contribution in [-0.4, -0.2) is 30.9 Å². The third-order valence-electron chi connectivity index (χ3n) is 3.88. The van der Waals surface area contributed by atoms with Crippen LogP contribution in [0.4, 0.5) is 10.1 Å². The number of ether oxygens (including phenoxy) is 1. The van der Waals surface area contributed by atoms with Crippen molar-refractivity contribution < 1.29 is 23.5 Å². The van der Waals surface area contributed by atoms with Crippen LogP contribution in [0.3, 0.4) is 0 Å². The number of carbonyl (C=O) groups excluding carboxylic acids is 3. The molecular weight excluding hydrogens is 315 g/mol. The average Bonchev–Trinajstić information content (AvgIpc) is 2.51. The second kappa shape index (κ2) is 7.42. The van der Waals surface area contributed by atoms with Crippen LogP contribution in [0.15, 0.2) is 18.2 Å². The molecule has 0 unspecified atom stereocenters. The normalized spacial score (nSPS) is 17.7. The number of esters is 1. The van der Waals surface area contributed by atoms with Gasteiger partial charge < -0.3 is 15.4 Å². The number of amides is 2. The van der Waals surface area contributed by atoms with E-state index in [1.54, 1.807) is 0 Å². The zero-order valence-corrected chi connectivity index (χ0v) is 13.9. The first-order chi connectivity index (χ1) is 11.3. The molecule has 7 heteroatoms. The van der Waals surface area contributed by atoms with Gasteiger partial charge in [-0.2, -0.15) is 0 Å². The lowest BCUT2D eigenvalue weighted by Crippen LogP contribution is -2.45. The summed E-state index contributed by atoms with van der Waals surface area (Å²) in [6.07, 6.45) is 0.369. The molecule has 0 aliphatic carbocycles. The molecule has 1 aromatic carbocycles. The number of hydrogen-bond donors (Lipinski definition) is 2. The number of carbonyl (C=O) groups is 3. The van der Waals surface area contributed by atoms with Gasteiger partial charge in [-0.15, -0.1) is 0 Å². The summed E-state index contributed by atoms with van der Waals surface area (Å²) in [4.78, 5) is 36.3. The highest BCUT2D eigenvalue weighted by Crippen LogP contribution is 2.33. The Labute approximate surface area is 139 Å². The molecule has 0 aromatic heterocycles. The lowest BCUT2D eigenvalue weighted by molar-refractivity contribution is -0.145. The van der Waals surface area contributed by atoms with E-state index in [1.807, 2.05) is 13.8 Å². The number of nitrogens with one attached hydrogen (secondary N) is 2. The van der Waals surface area contributed by atoms with Crippen LogP contribution in [0, 0.1) is 11.7 Å². The van der Waals surface area contributed by atoms with E-state index in [9.17, 15) is 18.8 Å². The Kier molecular flexibility index (Phi) is 5.54. The molecule has 2 atom stereocenters. The van der Waals surface area contributed by atoms with Crippen LogP contribution < -0.4 is 10.6 Å². The van der Waals surface area contributed by atoms with Crippen LogP contribution in [0.2, 0.25) is 0 Å². The van der Waals surface area contributed by atoms with Crippen molar-refractivity contribution in [1.82, 2.24) is 5.32 Å². The first-order valence-electron chi connectivity index (χ1n) is 7.79. The molecule has 130 valence electrons. The van der Waals surface area contributed by atoms with Crippen molar-refractivity contribution in [1.29, 1.82) is 0 Å². The van der Waals surface area contributed by atoms with Crippen LogP contribution in [-0.2, 0) is 19.1 Å². The third kappa shape index (κ3) is 4.10. The highest BCUT2D eigenvalue weighted by atomic mass is 19.1. The minimum Gasteiger partial charge on any atom is -0.467 e. The van der Waals surface area contributed by atoms with Gasteiger partial charge in [-0.25, -0.2) is 9.18 Å². The molecule has 1 aliphatic heterocycles. The summed E-state index contributed by atoms with van der Waals surface area (Å²) in [5, 5.41) is 5.21. The maximum atomic E-state index is 13.3. The Morgan fingerprint density at radius 1 is 1.42 bits per heavy atom. The monoisotopic (exact) mass is 336 g/mol. The van der Waals surface area contributed by atoms with E-state index in [2.05, 4.69) is 10.6 Å². The molecule has 0 spiro atoms. The Balaban J connectivity index is 2.22. The fourth-order valence-corrected chi connectivity index (χ4v) is 2.77. The fourth-order valence-electron chi connectivity index (χ4n) is 2.77. The number of methoxy groups -OCH3 is 1. The third-order valence-corrected chi connectivity index (χ3v) is 3.88. The average molecular weight is 336 g/mol. The van der Waals surface area contributed by atoms with Crippen LogP contribution >= 0.6 is 0 Å². The van der Waals surface area contributed by atoms with E-state index < -0.39 is 29.7 Å². The second-order valence-electron chi connectivity index (χ2n) is 6.25. The van der Waals surface area contributed by atoms with E-state index in [-0.39, 0.29) is 23.9 Å². The molecule has 2 amide bonds. The maximum absolute atomic E-state index is 13.3. The van der Waals surface area contributed by atoms with Gasteiger partial charge in [0.1, 0.15) is 11.9 Å². The summed E-state index contributed by atoms with van der Waals surface area (Å²) in [7, 11) is 1.26. The van der Waals surface area contributed by atoms with Gasteiger partial charge in [0.2, 0.25) is 11.8 Å². The van der Waals surface area contributed by atoms with Crippen molar-refractivity contribution in [3.05, 3.63) is 29.6 Å². The van der Waals surface area contributed by atoms with Gasteiger partial charge in [-0.05, 0) is 30.0 Å². The smallest absolute Gasteiger partial charge is 0.328 e. The molecule has 6 nitrogen and oxygen atoms in total. The van der Waals surface area contributed by atoms with Gasteiger partial charge in [0.05, 0.1) is 13.0 Å². The van der Waals surface area contributed by atoms with E-state index >= 15 is 0 Å². The van der Waals surface area contributed by atoms with Crippen molar-refractivity contribution in [3.63, 3.8) is 0 Å². The standard InChI is InChI=1S/C17H21FN2O4/c1-9(2)6-14(17(23)24-3)20-16(22)12-8-15(21)19-13-7-10(18)4-5-11(12)13/h4-5,7,9,12,14H,6,8H2,1-3H3,(H,19,21)(H,20,22)/t12-,14-/m1/s1. The van der Waals surface area contributed by atoms with E-state index in [1.165, 1.54) is 25.3 Å². The molecule has 2 N–H and O–H groups in total. The summed E-state index contributed by atoms with van der Waals surface area (Å²) < 4.78 is 18.1. The van der Waals surface area contributed by atoms with Gasteiger partial charge in [-0.3, -0.25) is 9.59 Å². The number of anilines is 1. The van der Waals surface area contributed by atoms with Crippen molar-refractivity contribution >= 4 is 23.5 Å². The lowest BCUT2D eigenvalue weighted by Gasteiger charge is -2.27. The van der Waals surface area contributed by atoms with Crippen molar-refractivity contribution in [3.8, 4) is 0 Å². The SMILES string of the molecule is COC(=O)[C@@H](CC(C)C)NC(=O)[C@@H]1CC(=O)Nc2cc(F)ccc21. The molecule has 1 heterocycles. The molecular formula is C17H21FN2O4. The predicted molar refractivity (Wildman–Crippen MR) is 85.8 cm³/mol. The zero-order valence-electron chi connectivity index (χ0n) is 13.9. The maximum Gasteiger partial charge on any atom is 0.328 e. The van der Waals surface area contributed by atoms with Crippen LogP contribution in [0.25, 0.3) is 0 Å². The summed E-state index contributed by atoms with van der Waals surface area (Å²) in [5.41, 5.74) is 0.812. The van der Waals surface area contributed by atoms with Gasteiger partial charge in [0.15, 0.2) is 0 Å². The van der Waals surface area contributed by atoms with Crippen LogP contribution in [0.1, 0.15) is 38.2 Å².